The van der Waals surface area contributed by atoms with E-state index in [0.29, 0.717) is 15.8 Å². The lowest BCUT2D eigenvalue weighted by atomic mass is 9.48. The molecule has 1 N–H and O–H groups in total. The summed E-state index contributed by atoms with van der Waals surface area (Å²) in [5, 5.41) is 2.94. The number of carbonyl (C=O) groups is 1. The van der Waals surface area contributed by atoms with E-state index in [2.05, 4.69) is 45.5 Å². The zero-order valence-corrected chi connectivity index (χ0v) is 16.9. The number of rotatable bonds is 4. The lowest BCUT2D eigenvalue weighted by Gasteiger charge is -2.57. The molecule has 6 rings (SSSR count). The van der Waals surface area contributed by atoms with Gasteiger partial charge in [0.1, 0.15) is 5.76 Å². The monoisotopic (exact) mass is 425 g/mol. The number of carbonyl (C=O) groups excluding carboxylic acids is 1. The summed E-state index contributed by atoms with van der Waals surface area (Å²) in [6.07, 6.45) is 11.7. The number of halogens is 1. The van der Waals surface area contributed by atoms with Crippen LogP contribution in [-0.4, -0.2) is 5.91 Å². The van der Waals surface area contributed by atoms with Gasteiger partial charge in [-0.25, -0.2) is 0 Å². The van der Waals surface area contributed by atoms with Gasteiger partial charge in [0.15, 0.2) is 4.67 Å². The number of benzene rings is 1. The molecule has 140 valence electrons. The van der Waals surface area contributed by atoms with Crippen LogP contribution in [0.25, 0.3) is 6.08 Å². The minimum Gasteiger partial charge on any atom is -0.450 e. The minimum atomic E-state index is -0.148. The van der Waals surface area contributed by atoms with Gasteiger partial charge in [0, 0.05) is 11.8 Å². The third kappa shape index (κ3) is 3.40. The smallest absolute Gasteiger partial charge is 0.248 e. The normalized spacial score (nSPS) is 31.5. The Hall–Kier alpha value is -1.81. The summed E-state index contributed by atoms with van der Waals surface area (Å²) in [5.41, 5.74) is 2.73. The molecule has 4 heteroatoms. The van der Waals surface area contributed by atoms with Gasteiger partial charge in [-0.05, 0) is 114 Å². The van der Waals surface area contributed by atoms with Gasteiger partial charge in [0.25, 0.3) is 0 Å². The SMILES string of the molecule is O=C(C=Cc1ccc(Br)o1)Nc1ccc(C23CC4CC(CC(C4)C2)C3)cc1. The number of nitrogens with one attached hydrogen (secondary N) is 1. The van der Waals surface area contributed by atoms with E-state index in [4.69, 9.17) is 4.42 Å². The van der Waals surface area contributed by atoms with Crippen molar-refractivity contribution < 1.29 is 9.21 Å². The Balaban J connectivity index is 1.27. The van der Waals surface area contributed by atoms with Gasteiger partial charge in [-0.3, -0.25) is 4.79 Å². The van der Waals surface area contributed by atoms with Crippen molar-refractivity contribution in [1.82, 2.24) is 0 Å². The second-order valence-corrected chi connectivity index (χ2v) is 9.52. The van der Waals surface area contributed by atoms with Crippen molar-refractivity contribution in [1.29, 1.82) is 0 Å². The predicted octanol–water partition coefficient (Wildman–Crippen LogP) is 6.16. The van der Waals surface area contributed by atoms with Crippen LogP contribution in [-0.2, 0) is 10.2 Å². The highest BCUT2D eigenvalue weighted by molar-refractivity contribution is 9.10. The topological polar surface area (TPSA) is 42.2 Å². The maximum absolute atomic E-state index is 12.1. The highest BCUT2D eigenvalue weighted by Gasteiger charge is 2.51. The third-order valence-corrected chi connectivity index (χ3v) is 7.22. The van der Waals surface area contributed by atoms with E-state index in [1.165, 1.54) is 50.2 Å². The van der Waals surface area contributed by atoms with Gasteiger partial charge in [-0.2, -0.15) is 0 Å². The maximum Gasteiger partial charge on any atom is 0.248 e. The number of hydrogen-bond donors (Lipinski definition) is 1. The standard InChI is InChI=1S/C23H24BrNO2/c24-21-7-5-20(27-21)6-8-22(26)25-19-3-1-18(2-4-19)23-12-15-9-16(13-23)11-17(10-15)14-23/h1-8,15-17H,9-14H2,(H,25,26). The van der Waals surface area contributed by atoms with Crippen molar-refractivity contribution in [3.05, 3.63) is 58.5 Å². The van der Waals surface area contributed by atoms with Crippen LogP contribution < -0.4 is 5.32 Å². The van der Waals surface area contributed by atoms with Crippen molar-refractivity contribution >= 4 is 33.6 Å². The van der Waals surface area contributed by atoms with Gasteiger partial charge in [-0.1, -0.05) is 12.1 Å². The van der Waals surface area contributed by atoms with E-state index in [9.17, 15) is 4.79 Å². The Labute approximate surface area is 168 Å². The molecule has 0 saturated heterocycles. The summed E-state index contributed by atoms with van der Waals surface area (Å²) in [4.78, 5) is 12.1. The number of anilines is 1. The van der Waals surface area contributed by atoms with Crippen molar-refractivity contribution in [3.8, 4) is 0 Å². The van der Waals surface area contributed by atoms with Gasteiger partial charge < -0.3 is 9.73 Å². The Bertz CT molecular complexity index is 845. The van der Waals surface area contributed by atoms with E-state index in [-0.39, 0.29) is 5.91 Å². The molecule has 1 heterocycles. The number of amides is 1. The molecule has 1 aromatic carbocycles. The average molecular weight is 426 g/mol. The first kappa shape index (κ1) is 17.3. The molecule has 1 amide bonds. The average Bonchev–Trinajstić information content (AvgIpc) is 3.05. The molecular weight excluding hydrogens is 402 g/mol. The van der Waals surface area contributed by atoms with E-state index in [1.807, 2.05) is 6.07 Å². The summed E-state index contributed by atoms with van der Waals surface area (Å²) in [5.74, 6) is 3.34. The summed E-state index contributed by atoms with van der Waals surface area (Å²) < 4.78 is 6.02. The van der Waals surface area contributed by atoms with Crippen LogP contribution in [0.15, 0.2) is 51.6 Å². The van der Waals surface area contributed by atoms with E-state index < -0.39 is 0 Å². The molecule has 4 fully saturated rings. The van der Waals surface area contributed by atoms with E-state index in [1.54, 1.807) is 12.1 Å². The molecule has 0 unspecified atom stereocenters. The number of furan rings is 1. The van der Waals surface area contributed by atoms with Crippen molar-refractivity contribution in [2.24, 2.45) is 17.8 Å². The molecule has 0 aliphatic heterocycles. The second-order valence-electron chi connectivity index (χ2n) is 8.74. The molecule has 0 atom stereocenters. The fraction of sp³-hybridized carbons (Fsp3) is 0.435. The zero-order valence-electron chi connectivity index (χ0n) is 15.3. The molecule has 4 aliphatic rings. The molecule has 4 bridgehead atoms. The Morgan fingerprint density at radius 1 is 1.00 bits per heavy atom. The maximum atomic E-state index is 12.1. The molecule has 4 saturated carbocycles. The van der Waals surface area contributed by atoms with Crippen LogP contribution in [0.5, 0.6) is 0 Å². The molecule has 1 aromatic heterocycles. The van der Waals surface area contributed by atoms with Gasteiger partial charge >= 0.3 is 0 Å². The van der Waals surface area contributed by atoms with Gasteiger partial charge in [0.05, 0.1) is 0 Å². The fourth-order valence-corrected chi connectivity index (χ4v) is 6.45. The second kappa shape index (κ2) is 6.66. The zero-order chi connectivity index (χ0) is 18.4. The molecule has 3 nitrogen and oxygen atoms in total. The molecular formula is C23H24BrNO2. The molecule has 0 spiro atoms. The van der Waals surface area contributed by atoms with Crippen LogP contribution in [0.3, 0.4) is 0 Å². The van der Waals surface area contributed by atoms with Crippen LogP contribution in [0.1, 0.15) is 49.8 Å². The fourth-order valence-electron chi connectivity index (χ4n) is 6.13. The quantitative estimate of drug-likeness (QED) is 0.595. The van der Waals surface area contributed by atoms with Crippen LogP contribution in [0, 0.1) is 17.8 Å². The number of hydrogen-bond acceptors (Lipinski definition) is 2. The first-order valence-corrected chi connectivity index (χ1v) is 10.7. The largest absolute Gasteiger partial charge is 0.450 e. The predicted molar refractivity (Wildman–Crippen MR) is 110 cm³/mol. The van der Waals surface area contributed by atoms with Crippen LogP contribution in [0.2, 0.25) is 0 Å². The molecule has 0 radical (unpaired) electrons. The lowest BCUT2D eigenvalue weighted by molar-refractivity contribution is -0.111. The first-order valence-electron chi connectivity index (χ1n) is 9.93. The third-order valence-electron chi connectivity index (χ3n) is 6.80. The summed E-state index contributed by atoms with van der Waals surface area (Å²) >= 11 is 3.26. The lowest BCUT2D eigenvalue weighted by Crippen LogP contribution is -2.48. The molecule has 4 aliphatic carbocycles. The summed E-state index contributed by atoms with van der Waals surface area (Å²) in [7, 11) is 0. The van der Waals surface area contributed by atoms with E-state index >= 15 is 0 Å². The highest BCUT2D eigenvalue weighted by atomic mass is 79.9. The highest BCUT2D eigenvalue weighted by Crippen LogP contribution is 2.60. The van der Waals surface area contributed by atoms with Crippen LogP contribution in [0.4, 0.5) is 5.69 Å². The minimum absolute atomic E-state index is 0.148. The van der Waals surface area contributed by atoms with Crippen LogP contribution >= 0.6 is 15.9 Å². The van der Waals surface area contributed by atoms with E-state index in [0.717, 1.165) is 23.4 Å². The Morgan fingerprint density at radius 2 is 1.63 bits per heavy atom. The Kier molecular flexibility index (Phi) is 4.27. The van der Waals surface area contributed by atoms with Crippen molar-refractivity contribution in [2.45, 2.75) is 43.9 Å². The molecule has 2 aromatic rings. The molecule has 27 heavy (non-hydrogen) atoms. The van der Waals surface area contributed by atoms with Crippen molar-refractivity contribution in [3.63, 3.8) is 0 Å². The van der Waals surface area contributed by atoms with Crippen molar-refractivity contribution in [2.75, 3.05) is 5.32 Å². The van der Waals surface area contributed by atoms with Gasteiger partial charge in [0.2, 0.25) is 5.91 Å². The summed E-state index contributed by atoms with van der Waals surface area (Å²) in [6, 6.07) is 12.2. The van der Waals surface area contributed by atoms with Gasteiger partial charge in [-0.15, -0.1) is 0 Å². The summed E-state index contributed by atoms with van der Waals surface area (Å²) in [6.45, 7) is 0. The first-order chi connectivity index (χ1) is 13.1. The Morgan fingerprint density at radius 3 is 2.19 bits per heavy atom.